The van der Waals surface area contributed by atoms with Gasteiger partial charge in [-0.15, -0.1) is 0 Å². The molecule has 32 heavy (non-hydrogen) atoms. The van der Waals surface area contributed by atoms with Crippen LogP contribution < -0.4 is 0 Å². The van der Waals surface area contributed by atoms with Crippen LogP contribution in [-0.4, -0.2) is 25.2 Å². The molecule has 0 aliphatic carbocycles. The lowest BCUT2D eigenvalue weighted by atomic mass is 9.84. The summed E-state index contributed by atoms with van der Waals surface area (Å²) in [6, 6.07) is 0. The molecule has 4 nitrogen and oxygen atoms in total. The van der Waals surface area contributed by atoms with Gasteiger partial charge in [0.25, 0.3) is 0 Å². The molecule has 0 saturated carbocycles. The Morgan fingerprint density at radius 1 is 0.719 bits per heavy atom. The number of carbonyl (C=O) groups excluding carboxylic acids is 2. The molecule has 0 fully saturated rings. The van der Waals surface area contributed by atoms with Crippen molar-refractivity contribution in [2.45, 2.75) is 119 Å². The zero-order valence-electron chi connectivity index (χ0n) is 22.0. The first kappa shape index (κ1) is 30.7. The summed E-state index contributed by atoms with van der Waals surface area (Å²) in [7, 11) is 0. The number of unbranched alkanes of at least 4 members (excludes halogenated alkanes) is 5. The molecule has 0 aromatic rings. The van der Waals surface area contributed by atoms with Gasteiger partial charge < -0.3 is 9.47 Å². The van der Waals surface area contributed by atoms with Crippen molar-refractivity contribution in [2.24, 2.45) is 23.7 Å². The number of ether oxygens (including phenoxy) is 2. The molecule has 0 aliphatic rings. The highest BCUT2D eigenvalue weighted by Gasteiger charge is 2.19. The third-order valence-electron chi connectivity index (χ3n) is 6.71. The van der Waals surface area contributed by atoms with Gasteiger partial charge in [0.1, 0.15) is 0 Å². The Balaban J connectivity index is 3.80. The van der Waals surface area contributed by atoms with Gasteiger partial charge in [0.15, 0.2) is 0 Å². The monoisotopic (exact) mass is 452 g/mol. The van der Waals surface area contributed by atoms with Crippen LogP contribution in [0.4, 0.5) is 0 Å². The summed E-state index contributed by atoms with van der Waals surface area (Å²) in [6.45, 7) is 17.5. The zero-order chi connectivity index (χ0) is 24.4. The first-order chi connectivity index (χ1) is 15.2. The molecule has 0 spiro atoms. The van der Waals surface area contributed by atoms with Crippen molar-refractivity contribution in [3.63, 3.8) is 0 Å². The molecule has 0 bridgehead atoms. The normalized spacial score (nSPS) is 14.9. The molecule has 0 heterocycles. The Hall–Kier alpha value is -1.32. The zero-order valence-corrected chi connectivity index (χ0v) is 22.0. The van der Waals surface area contributed by atoms with E-state index in [0.717, 1.165) is 44.4 Å². The minimum atomic E-state index is -0.325. The smallest absolute Gasteiger partial charge is 0.333 e. The lowest BCUT2D eigenvalue weighted by Gasteiger charge is -2.22. The van der Waals surface area contributed by atoms with E-state index in [4.69, 9.17) is 9.47 Å². The van der Waals surface area contributed by atoms with Crippen LogP contribution in [0, 0.1) is 23.7 Å². The topological polar surface area (TPSA) is 52.6 Å². The second-order valence-corrected chi connectivity index (χ2v) is 10.1. The number of esters is 2. The van der Waals surface area contributed by atoms with Crippen LogP contribution >= 0.6 is 0 Å². The molecule has 0 amide bonds. The maximum absolute atomic E-state index is 12.3. The van der Waals surface area contributed by atoms with E-state index in [1.165, 1.54) is 38.5 Å². The molecule has 0 rings (SSSR count). The van der Waals surface area contributed by atoms with Crippen LogP contribution in [0.2, 0.25) is 0 Å². The third-order valence-corrected chi connectivity index (χ3v) is 6.71. The molecule has 4 unspecified atom stereocenters. The van der Waals surface area contributed by atoms with Gasteiger partial charge in [0, 0.05) is 5.57 Å². The maximum Gasteiger partial charge on any atom is 0.333 e. The van der Waals surface area contributed by atoms with E-state index in [9.17, 15) is 9.59 Å². The Kier molecular flexibility index (Phi) is 18.4. The van der Waals surface area contributed by atoms with Crippen molar-refractivity contribution >= 4 is 11.9 Å². The first-order valence-corrected chi connectivity index (χ1v) is 13.2. The molecule has 4 heteroatoms. The van der Waals surface area contributed by atoms with Crippen molar-refractivity contribution in [3.05, 3.63) is 12.2 Å². The molecule has 0 N–H and O–H groups in total. The number of carbonyl (C=O) groups is 2. The fraction of sp³-hybridized carbons (Fsp3) is 0.857. The standard InChI is InChI=1S/C28H52O4/c1-8-9-12-15-23(4)16-17-24(5)25(6)18-19-26(7)28(30)32-21-14-11-10-13-20-31-27(29)22(2)3/h23-26H,2,8-21H2,1,3-7H3. The highest BCUT2D eigenvalue weighted by molar-refractivity contribution is 5.86. The summed E-state index contributed by atoms with van der Waals surface area (Å²) < 4.78 is 10.5. The van der Waals surface area contributed by atoms with Gasteiger partial charge in [0.05, 0.1) is 19.1 Å². The number of hydrogen-bond donors (Lipinski definition) is 0. The fourth-order valence-electron chi connectivity index (χ4n) is 3.80. The van der Waals surface area contributed by atoms with Gasteiger partial charge in [-0.2, -0.15) is 0 Å². The maximum atomic E-state index is 12.3. The van der Waals surface area contributed by atoms with E-state index in [0.29, 0.717) is 30.6 Å². The Bertz CT molecular complexity index is 514. The van der Waals surface area contributed by atoms with Crippen LogP contribution in [0.3, 0.4) is 0 Å². The Morgan fingerprint density at radius 3 is 1.84 bits per heavy atom. The van der Waals surface area contributed by atoms with Gasteiger partial charge >= 0.3 is 11.9 Å². The van der Waals surface area contributed by atoms with E-state index >= 15 is 0 Å². The molecule has 4 atom stereocenters. The van der Waals surface area contributed by atoms with E-state index in [-0.39, 0.29) is 17.9 Å². The summed E-state index contributed by atoms with van der Waals surface area (Å²) in [4.78, 5) is 23.5. The van der Waals surface area contributed by atoms with Crippen molar-refractivity contribution in [1.29, 1.82) is 0 Å². The van der Waals surface area contributed by atoms with E-state index in [2.05, 4.69) is 34.3 Å². The van der Waals surface area contributed by atoms with E-state index in [1.807, 2.05) is 6.92 Å². The second-order valence-electron chi connectivity index (χ2n) is 10.1. The predicted molar refractivity (Wildman–Crippen MR) is 134 cm³/mol. The first-order valence-electron chi connectivity index (χ1n) is 13.2. The van der Waals surface area contributed by atoms with E-state index in [1.54, 1.807) is 6.92 Å². The minimum Gasteiger partial charge on any atom is -0.465 e. The minimum absolute atomic E-state index is 0.0285. The van der Waals surface area contributed by atoms with Crippen LogP contribution in [0.1, 0.15) is 119 Å². The third kappa shape index (κ3) is 16.3. The summed E-state index contributed by atoms with van der Waals surface area (Å²) in [5, 5.41) is 0. The molecule has 188 valence electrons. The van der Waals surface area contributed by atoms with Gasteiger partial charge in [-0.3, -0.25) is 4.79 Å². The molecule has 0 aliphatic heterocycles. The molecule has 0 radical (unpaired) electrons. The van der Waals surface area contributed by atoms with Crippen molar-refractivity contribution < 1.29 is 19.1 Å². The van der Waals surface area contributed by atoms with Crippen molar-refractivity contribution in [1.82, 2.24) is 0 Å². The van der Waals surface area contributed by atoms with Gasteiger partial charge in [0.2, 0.25) is 0 Å². The van der Waals surface area contributed by atoms with Gasteiger partial charge in [-0.05, 0) is 63.2 Å². The average Bonchev–Trinajstić information content (AvgIpc) is 2.76. The fourth-order valence-corrected chi connectivity index (χ4v) is 3.80. The van der Waals surface area contributed by atoms with Crippen LogP contribution in [0.15, 0.2) is 12.2 Å². The van der Waals surface area contributed by atoms with Gasteiger partial charge in [-0.1, -0.05) is 79.7 Å². The molecule has 0 aromatic carbocycles. The number of rotatable bonds is 20. The highest BCUT2D eigenvalue weighted by Crippen LogP contribution is 2.26. The van der Waals surface area contributed by atoms with E-state index < -0.39 is 0 Å². The molecular formula is C28H52O4. The van der Waals surface area contributed by atoms with Gasteiger partial charge in [-0.25, -0.2) is 4.79 Å². The second kappa shape index (κ2) is 19.2. The summed E-state index contributed by atoms with van der Waals surface area (Å²) in [6.07, 6.45) is 13.6. The summed E-state index contributed by atoms with van der Waals surface area (Å²) in [5.41, 5.74) is 0.433. The number of hydrogen-bond acceptors (Lipinski definition) is 4. The summed E-state index contributed by atoms with van der Waals surface area (Å²) in [5.74, 6) is 1.77. The molecule has 0 aromatic heterocycles. The van der Waals surface area contributed by atoms with Crippen molar-refractivity contribution in [3.8, 4) is 0 Å². The van der Waals surface area contributed by atoms with Crippen LogP contribution in [0.25, 0.3) is 0 Å². The Morgan fingerprint density at radius 2 is 1.28 bits per heavy atom. The average molecular weight is 453 g/mol. The molecular weight excluding hydrogens is 400 g/mol. The lowest BCUT2D eigenvalue weighted by Crippen LogP contribution is -2.18. The highest BCUT2D eigenvalue weighted by atomic mass is 16.5. The van der Waals surface area contributed by atoms with Crippen LogP contribution in [-0.2, 0) is 19.1 Å². The SMILES string of the molecule is C=C(C)C(=O)OCCCCCCOC(=O)C(C)CCC(C)C(C)CCC(C)CCCCC. The van der Waals surface area contributed by atoms with Crippen molar-refractivity contribution in [2.75, 3.05) is 13.2 Å². The largest absolute Gasteiger partial charge is 0.465 e. The predicted octanol–water partition coefficient (Wildman–Crippen LogP) is 7.89. The Labute approximate surface area is 198 Å². The quantitative estimate of drug-likeness (QED) is 0.107. The van der Waals surface area contributed by atoms with Crippen LogP contribution in [0.5, 0.6) is 0 Å². The molecule has 0 saturated heterocycles. The lowest BCUT2D eigenvalue weighted by molar-refractivity contribution is -0.148. The summed E-state index contributed by atoms with van der Waals surface area (Å²) >= 11 is 0.